The molecule has 0 spiro atoms. The monoisotopic (exact) mass is 347 g/mol. The van der Waals surface area contributed by atoms with Crippen molar-refractivity contribution in [1.82, 2.24) is 5.32 Å². The van der Waals surface area contributed by atoms with Gasteiger partial charge in [-0.1, -0.05) is 29.8 Å². The van der Waals surface area contributed by atoms with Crippen LogP contribution in [-0.4, -0.2) is 25.6 Å². The van der Waals surface area contributed by atoms with Gasteiger partial charge in [0.1, 0.15) is 5.75 Å². The first-order valence-electron chi connectivity index (χ1n) is 7.35. The highest BCUT2D eigenvalue weighted by molar-refractivity contribution is 6.30. The molecule has 0 saturated heterocycles. The predicted octanol–water partition coefficient (Wildman–Crippen LogP) is 3.38. The molecule has 0 aliphatic rings. The Kier molecular flexibility index (Phi) is 6.21. The Morgan fingerprint density at radius 2 is 1.88 bits per heavy atom. The third-order valence-electron chi connectivity index (χ3n) is 3.39. The topological polar surface area (TPSA) is 64.6 Å². The maximum absolute atomic E-state index is 11.9. The first kappa shape index (κ1) is 17.8. The number of carbonyl (C=O) groups excluding carboxylic acids is 2. The van der Waals surface area contributed by atoms with E-state index >= 15 is 0 Å². The number of carbonyl (C=O) groups is 2. The Balaban J connectivity index is 1.86. The zero-order chi connectivity index (χ0) is 17.5. The van der Waals surface area contributed by atoms with Crippen LogP contribution in [0.2, 0.25) is 5.02 Å². The Morgan fingerprint density at radius 1 is 1.17 bits per heavy atom. The van der Waals surface area contributed by atoms with Gasteiger partial charge in [0.25, 0.3) is 5.91 Å². The van der Waals surface area contributed by atoms with Crippen LogP contribution in [0, 0.1) is 0 Å². The van der Waals surface area contributed by atoms with Crippen LogP contribution in [0.4, 0.5) is 0 Å². The molecular formula is C18H18ClNO4. The molecule has 2 aromatic carbocycles. The molecule has 0 heterocycles. The minimum Gasteiger partial charge on any atom is -0.497 e. The third-order valence-corrected chi connectivity index (χ3v) is 3.64. The fraction of sp³-hybridized carbons (Fsp3) is 0.222. The van der Waals surface area contributed by atoms with Crippen molar-refractivity contribution in [3.63, 3.8) is 0 Å². The van der Waals surface area contributed by atoms with Crippen molar-refractivity contribution in [3.8, 4) is 5.75 Å². The molecule has 0 aromatic heterocycles. The van der Waals surface area contributed by atoms with Crippen molar-refractivity contribution in [2.75, 3.05) is 13.7 Å². The number of halogens is 1. The lowest BCUT2D eigenvalue weighted by molar-refractivity contribution is -0.124. The molecule has 1 atom stereocenters. The lowest BCUT2D eigenvalue weighted by atomic mass is 10.1. The molecule has 0 saturated carbocycles. The van der Waals surface area contributed by atoms with Crippen molar-refractivity contribution in [2.45, 2.75) is 13.0 Å². The summed E-state index contributed by atoms with van der Waals surface area (Å²) in [6.45, 7) is 1.49. The van der Waals surface area contributed by atoms with Crippen molar-refractivity contribution in [3.05, 3.63) is 64.7 Å². The average molecular weight is 348 g/mol. The molecule has 1 N–H and O–H groups in total. The van der Waals surface area contributed by atoms with Gasteiger partial charge in [-0.3, -0.25) is 4.79 Å². The number of benzene rings is 2. The summed E-state index contributed by atoms with van der Waals surface area (Å²) in [5, 5.41) is 3.39. The fourth-order valence-corrected chi connectivity index (χ4v) is 2.21. The van der Waals surface area contributed by atoms with Gasteiger partial charge in [-0.05, 0) is 42.8 Å². The third kappa shape index (κ3) is 4.99. The summed E-state index contributed by atoms with van der Waals surface area (Å²) in [4.78, 5) is 23.9. The lowest BCUT2D eigenvalue weighted by Crippen LogP contribution is -2.31. The Labute approximate surface area is 145 Å². The van der Waals surface area contributed by atoms with E-state index in [0.29, 0.717) is 16.3 Å². The SMILES string of the molecule is COc1cccc(C(=O)OCC(=O)N[C@H](C)c2ccc(Cl)cc2)c1. The van der Waals surface area contributed by atoms with E-state index < -0.39 is 5.97 Å². The quantitative estimate of drug-likeness (QED) is 0.813. The zero-order valence-electron chi connectivity index (χ0n) is 13.4. The van der Waals surface area contributed by atoms with E-state index in [0.717, 1.165) is 5.56 Å². The molecule has 5 nitrogen and oxygen atoms in total. The lowest BCUT2D eigenvalue weighted by Gasteiger charge is -2.14. The number of amides is 1. The average Bonchev–Trinajstić information content (AvgIpc) is 2.60. The van der Waals surface area contributed by atoms with Crippen LogP contribution >= 0.6 is 11.6 Å². The molecule has 0 radical (unpaired) electrons. The number of nitrogens with one attached hydrogen (secondary N) is 1. The van der Waals surface area contributed by atoms with E-state index in [-0.39, 0.29) is 18.6 Å². The van der Waals surface area contributed by atoms with Gasteiger partial charge >= 0.3 is 5.97 Å². The largest absolute Gasteiger partial charge is 0.497 e. The van der Waals surface area contributed by atoms with Crippen molar-refractivity contribution in [2.24, 2.45) is 0 Å². The van der Waals surface area contributed by atoms with Crippen LogP contribution in [-0.2, 0) is 9.53 Å². The van der Waals surface area contributed by atoms with Gasteiger partial charge in [0.2, 0.25) is 0 Å². The summed E-state index contributed by atoms with van der Waals surface area (Å²) in [6.07, 6.45) is 0. The molecular weight excluding hydrogens is 330 g/mol. The van der Waals surface area contributed by atoms with Crippen LogP contribution in [0.15, 0.2) is 48.5 Å². The summed E-state index contributed by atoms with van der Waals surface area (Å²) < 4.78 is 10.1. The Bertz CT molecular complexity index is 715. The number of methoxy groups -OCH3 is 1. The molecule has 0 aliphatic carbocycles. The summed E-state index contributed by atoms with van der Waals surface area (Å²) in [5.74, 6) is -0.415. The number of hydrogen-bond donors (Lipinski definition) is 1. The second kappa shape index (κ2) is 8.36. The number of rotatable bonds is 6. The van der Waals surface area contributed by atoms with Crippen molar-refractivity contribution in [1.29, 1.82) is 0 Å². The van der Waals surface area contributed by atoms with E-state index in [1.54, 1.807) is 36.4 Å². The maximum Gasteiger partial charge on any atom is 0.338 e. The number of ether oxygens (including phenoxy) is 2. The molecule has 0 bridgehead atoms. The molecule has 0 aliphatic heterocycles. The first-order chi connectivity index (χ1) is 11.5. The molecule has 126 valence electrons. The van der Waals surface area contributed by atoms with Gasteiger partial charge in [-0.2, -0.15) is 0 Å². The maximum atomic E-state index is 11.9. The second-order valence-corrected chi connectivity index (χ2v) is 5.59. The van der Waals surface area contributed by atoms with Crippen LogP contribution in [0.1, 0.15) is 28.9 Å². The van der Waals surface area contributed by atoms with Crippen LogP contribution in [0.5, 0.6) is 5.75 Å². The highest BCUT2D eigenvalue weighted by Gasteiger charge is 2.13. The zero-order valence-corrected chi connectivity index (χ0v) is 14.2. The molecule has 24 heavy (non-hydrogen) atoms. The van der Waals surface area contributed by atoms with E-state index in [1.807, 2.05) is 19.1 Å². The van der Waals surface area contributed by atoms with E-state index in [2.05, 4.69) is 5.32 Å². The normalized spacial score (nSPS) is 11.5. The standard InChI is InChI=1S/C18H18ClNO4/c1-12(13-6-8-15(19)9-7-13)20-17(21)11-24-18(22)14-4-3-5-16(10-14)23-2/h3-10,12H,11H2,1-2H3,(H,20,21)/t12-/m1/s1. The van der Waals surface area contributed by atoms with Crippen molar-refractivity contribution >= 4 is 23.5 Å². The second-order valence-electron chi connectivity index (χ2n) is 5.15. The van der Waals surface area contributed by atoms with E-state index in [4.69, 9.17) is 21.1 Å². The number of hydrogen-bond acceptors (Lipinski definition) is 4. The van der Waals surface area contributed by atoms with Gasteiger partial charge in [0.05, 0.1) is 18.7 Å². The summed E-state index contributed by atoms with van der Waals surface area (Å²) >= 11 is 5.83. The Hall–Kier alpha value is -2.53. The highest BCUT2D eigenvalue weighted by Crippen LogP contribution is 2.16. The Morgan fingerprint density at radius 3 is 2.54 bits per heavy atom. The molecule has 0 fully saturated rings. The smallest absolute Gasteiger partial charge is 0.338 e. The van der Waals surface area contributed by atoms with Gasteiger partial charge in [-0.25, -0.2) is 4.79 Å². The molecule has 2 rings (SSSR count). The summed E-state index contributed by atoms with van der Waals surface area (Å²) in [5.41, 5.74) is 1.24. The number of esters is 1. The predicted molar refractivity (Wildman–Crippen MR) is 91.3 cm³/mol. The highest BCUT2D eigenvalue weighted by atomic mass is 35.5. The fourth-order valence-electron chi connectivity index (χ4n) is 2.08. The van der Waals surface area contributed by atoms with E-state index in [9.17, 15) is 9.59 Å². The first-order valence-corrected chi connectivity index (χ1v) is 7.73. The molecule has 2 aromatic rings. The van der Waals surface area contributed by atoms with Gasteiger partial charge < -0.3 is 14.8 Å². The molecule has 1 amide bonds. The van der Waals surface area contributed by atoms with Crippen LogP contribution < -0.4 is 10.1 Å². The summed E-state index contributed by atoms with van der Waals surface area (Å²) in [7, 11) is 1.51. The van der Waals surface area contributed by atoms with Crippen molar-refractivity contribution < 1.29 is 19.1 Å². The summed E-state index contributed by atoms with van der Waals surface area (Å²) in [6, 6.07) is 13.5. The molecule has 0 unspecified atom stereocenters. The molecule has 6 heteroatoms. The van der Waals surface area contributed by atoms with Crippen LogP contribution in [0.3, 0.4) is 0 Å². The minimum atomic E-state index is -0.580. The van der Waals surface area contributed by atoms with Crippen LogP contribution in [0.25, 0.3) is 0 Å². The van der Waals surface area contributed by atoms with Gasteiger partial charge in [-0.15, -0.1) is 0 Å². The van der Waals surface area contributed by atoms with Gasteiger partial charge in [0.15, 0.2) is 6.61 Å². The van der Waals surface area contributed by atoms with Gasteiger partial charge in [0, 0.05) is 5.02 Å². The van der Waals surface area contributed by atoms with E-state index in [1.165, 1.54) is 7.11 Å². The minimum absolute atomic E-state index is 0.217.